The third-order valence-electron chi connectivity index (χ3n) is 7.10. The number of benzene rings is 1. The van der Waals surface area contributed by atoms with Crippen LogP contribution in [0.2, 0.25) is 0 Å². The quantitative estimate of drug-likeness (QED) is 0.496. The zero-order chi connectivity index (χ0) is 23.1. The molecule has 0 aliphatic carbocycles. The molecule has 3 aromatic rings. The number of aromatic nitrogens is 2. The molecule has 2 aromatic heterocycles. The monoisotopic (exact) mass is 439 g/mol. The van der Waals surface area contributed by atoms with Gasteiger partial charge in [-0.1, -0.05) is 36.4 Å². The Labute approximate surface area is 193 Å². The Balaban J connectivity index is 1.87. The molecule has 1 fully saturated rings. The minimum Gasteiger partial charge on any atom is -0.468 e. The first kappa shape index (κ1) is 21.3. The van der Waals surface area contributed by atoms with E-state index in [2.05, 4.69) is 20.8 Å². The molecule has 0 spiro atoms. The lowest BCUT2D eigenvalue weighted by Crippen LogP contribution is -2.70. The summed E-state index contributed by atoms with van der Waals surface area (Å²) in [4.78, 5) is 25.3. The molecule has 2 unspecified atom stereocenters. The number of carbonyl (C=O) groups is 1. The van der Waals surface area contributed by atoms with Gasteiger partial charge in [-0.05, 0) is 41.8 Å². The molecule has 0 saturated carbocycles. The van der Waals surface area contributed by atoms with Gasteiger partial charge in [0.15, 0.2) is 0 Å². The van der Waals surface area contributed by atoms with Gasteiger partial charge in [-0.25, -0.2) is 0 Å². The smallest absolute Gasteiger partial charge is 0.321 e. The normalized spacial score (nSPS) is 30.0. The molecule has 33 heavy (non-hydrogen) atoms. The van der Waals surface area contributed by atoms with Crippen LogP contribution in [0, 0.1) is 12.3 Å². The standard InChI is InChI=1S/C27H25N3O3/c1-3-14-26(32)17-23(21-12-6-8-15-28-21)30-18-19-10-4-5-11-20(19)27(26,25(31)33-2)24(30)22-13-7-9-16-29-22/h1,4-13,15-16,23-24,32H,14,17-18H2,2H3/t23-,24?,26+,27+/m1/s1. The maximum absolute atomic E-state index is 13.9. The van der Waals surface area contributed by atoms with E-state index in [1.807, 2.05) is 60.7 Å². The molecule has 2 aliphatic heterocycles. The van der Waals surface area contributed by atoms with Gasteiger partial charge in [0.1, 0.15) is 5.41 Å². The van der Waals surface area contributed by atoms with Crippen LogP contribution < -0.4 is 0 Å². The summed E-state index contributed by atoms with van der Waals surface area (Å²) in [6.07, 6.45) is 9.46. The Hall–Kier alpha value is -3.53. The van der Waals surface area contributed by atoms with Crippen molar-refractivity contribution < 1.29 is 14.6 Å². The molecule has 0 radical (unpaired) electrons. The number of pyridine rings is 2. The van der Waals surface area contributed by atoms with Crippen molar-refractivity contribution in [3.8, 4) is 12.3 Å². The molecular weight excluding hydrogens is 414 g/mol. The summed E-state index contributed by atoms with van der Waals surface area (Å²) in [5.74, 6) is 2.12. The molecule has 4 heterocycles. The molecule has 6 nitrogen and oxygen atoms in total. The number of rotatable bonds is 4. The van der Waals surface area contributed by atoms with Crippen LogP contribution in [0.25, 0.3) is 0 Å². The third-order valence-corrected chi connectivity index (χ3v) is 7.10. The van der Waals surface area contributed by atoms with Gasteiger partial charge in [0.05, 0.1) is 36.2 Å². The number of aliphatic hydroxyl groups is 1. The van der Waals surface area contributed by atoms with Crippen molar-refractivity contribution in [2.45, 2.75) is 42.5 Å². The number of carbonyl (C=O) groups excluding carboxylic acids is 1. The van der Waals surface area contributed by atoms with Crippen LogP contribution >= 0.6 is 0 Å². The number of terminal acetylenes is 1. The fourth-order valence-electron chi connectivity index (χ4n) is 5.85. The highest BCUT2D eigenvalue weighted by Crippen LogP contribution is 2.62. The van der Waals surface area contributed by atoms with Crippen molar-refractivity contribution in [2.75, 3.05) is 7.11 Å². The Morgan fingerprint density at radius 3 is 2.42 bits per heavy atom. The second-order valence-electron chi connectivity index (χ2n) is 8.67. The van der Waals surface area contributed by atoms with E-state index in [-0.39, 0.29) is 18.9 Å². The zero-order valence-electron chi connectivity index (χ0n) is 18.4. The van der Waals surface area contributed by atoms with Crippen molar-refractivity contribution >= 4 is 5.97 Å². The van der Waals surface area contributed by atoms with E-state index in [0.717, 1.165) is 16.8 Å². The van der Waals surface area contributed by atoms with Gasteiger partial charge in [-0.15, -0.1) is 12.3 Å². The molecule has 5 atom stereocenters. The van der Waals surface area contributed by atoms with Crippen molar-refractivity contribution in [3.05, 3.63) is 95.6 Å². The molecular formula is C27H25N3O3. The van der Waals surface area contributed by atoms with Crippen molar-refractivity contribution in [2.24, 2.45) is 0 Å². The molecule has 6 heteroatoms. The Morgan fingerprint density at radius 2 is 1.79 bits per heavy atom. The van der Waals surface area contributed by atoms with Crippen LogP contribution in [0.5, 0.6) is 0 Å². The predicted molar refractivity (Wildman–Crippen MR) is 123 cm³/mol. The lowest BCUT2D eigenvalue weighted by Gasteiger charge is -2.61. The summed E-state index contributed by atoms with van der Waals surface area (Å²) in [5.41, 5.74) is 0.127. The lowest BCUT2D eigenvalue weighted by atomic mass is 9.53. The Kier molecular flexibility index (Phi) is 5.24. The van der Waals surface area contributed by atoms with Gasteiger partial charge in [-0.2, -0.15) is 0 Å². The highest BCUT2D eigenvalue weighted by Gasteiger charge is 2.70. The topological polar surface area (TPSA) is 75.6 Å². The van der Waals surface area contributed by atoms with E-state index in [0.29, 0.717) is 12.2 Å². The van der Waals surface area contributed by atoms with Crippen LogP contribution in [0.1, 0.15) is 47.4 Å². The molecule has 2 aliphatic rings. The first-order valence-corrected chi connectivity index (χ1v) is 11.0. The van der Waals surface area contributed by atoms with Crippen LogP contribution in [0.15, 0.2) is 73.1 Å². The van der Waals surface area contributed by atoms with E-state index >= 15 is 0 Å². The lowest BCUT2D eigenvalue weighted by molar-refractivity contribution is -0.193. The number of fused-ring (bicyclic) bond motifs is 4. The molecule has 1 N–H and O–H groups in total. The highest BCUT2D eigenvalue weighted by atomic mass is 16.5. The van der Waals surface area contributed by atoms with Crippen LogP contribution in [-0.4, -0.2) is 38.7 Å². The molecule has 166 valence electrons. The first-order valence-electron chi connectivity index (χ1n) is 11.0. The van der Waals surface area contributed by atoms with E-state index in [1.165, 1.54) is 7.11 Å². The molecule has 2 bridgehead atoms. The fraction of sp³-hybridized carbons (Fsp3) is 0.296. The van der Waals surface area contributed by atoms with Gasteiger partial charge in [0.25, 0.3) is 0 Å². The molecule has 1 aromatic carbocycles. The van der Waals surface area contributed by atoms with Crippen molar-refractivity contribution in [1.29, 1.82) is 0 Å². The number of ether oxygens (including phenoxy) is 1. The summed E-state index contributed by atoms with van der Waals surface area (Å²) in [6.45, 7) is 0.573. The summed E-state index contributed by atoms with van der Waals surface area (Å²) in [5, 5.41) is 12.4. The average molecular weight is 440 g/mol. The minimum absolute atomic E-state index is 0.0169. The average Bonchev–Trinajstić information content (AvgIpc) is 2.86. The fourth-order valence-corrected chi connectivity index (χ4v) is 5.85. The SMILES string of the molecule is C#CC[C@]1(O)C[C@H](c2ccccn2)N2Cc3ccccc3[C@@]1(C(=O)OC)C2c1ccccn1. The third kappa shape index (κ3) is 3.01. The van der Waals surface area contributed by atoms with Crippen LogP contribution in [0.3, 0.4) is 0 Å². The van der Waals surface area contributed by atoms with Crippen LogP contribution in [0.4, 0.5) is 0 Å². The Bertz CT molecular complexity index is 1210. The second kappa shape index (κ2) is 8.11. The summed E-state index contributed by atoms with van der Waals surface area (Å²) >= 11 is 0. The van der Waals surface area contributed by atoms with Gasteiger partial charge >= 0.3 is 5.97 Å². The summed E-state index contributed by atoms with van der Waals surface area (Å²) < 4.78 is 5.42. The van der Waals surface area contributed by atoms with Gasteiger partial charge in [0, 0.05) is 25.4 Å². The van der Waals surface area contributed by atoms with Gasteiger partial charge in [-0.3, -0.25) is 19.7 Å². The number of esters is 1. The number of methoxy groups -OCH3 is 1. The maximum Gasteiger partial charge on any atom is 0.321 e. The molecule has 1 saturated heterocycles. The van der Waals surface area contributed by atoms with E-state index < -0.39 is 23.0 Å². The summed E-state index contributed by atoms with van der Waals surface area (Å²) in [6, 6.07) is 18.2. The van der Waals surface area contributed by atoms with E-state index in [1.54, 1.807) is 12.4 Å². The first-order chi connectivity index (χ1) is 16.1. The van der Waals surface area contributed by atoms with Gasteiger partial charge < -0.3 is 9.84 Å². The van der Waals surface area contributed by atoms with Gasteiger partial charge in [0.2, 0.25) is 0 Å². The second-order valence-corrected chi connectivity index (χ2v) is 8.67. The number of nitrogens with zero attached hydrogens (tertiary/aromatic N) is 3. The molecule has 5 rings (SSSR count). The number of hydrogen-bond acceptors (Lipinski definition) is 6. The van der Waals surface area contributed by atoms with E-state index in [4.69, 9.17) is 11.2 Å². The van der Waals surface area contributed by atoms with Crippen molar-refractivity contribution in [1.82, 2.24) is 14.9 Å². The minimum atomic E-state index is -1.59. The van der Waals surface area contributed by atoms with E-state index in [9.17, 15) is 9.90 Å². The maximum atomic E-state index is 13.9. The predicted octanol–water partition coefficient (Wildman–Crippen LogP) is 3.34. The largest absolute Gasteiger partial charge is 0.468 e. The number of piperidine rings is 1. The van der Waals surface area contributed by atoms with Crippen LogP contribution in [-0.2, 0) is 21.5 Å². The highest BCUT2D eigenvalue weighted by molar-refractivity contribution is 5.88. The Morgan fingerprint density at radius 1 is 1.12 bits per heavy atom. The van der Waals surface area contributed by atoms with Crippen molar-refractivity contribution in [3.63, 3.8) is 0 Å². The number of hydrogen-bond donors (Lipinski definition) is 1. The molecule has 0 amide bonds. The zero-order valence-corrected chi connectivity index (χ0v) is 18.4. The summed E-state index contributed by atoms with van der Waals surface area (Å²) in [7, 11) is 1.36.